The molecule has 3 aromatic rings. The van der Waals surface area contributed by atoms with E-state index in [9.17, 15) is 13.6 Å². The number of nitrogens with zero attached hydrogens (tertiary/aromatic N) is 3. The molecule has 0 fully saturated rings. The molecule has 0 unspecified atom stereocenters. The van der Waals surface area contributed by atoms with Gasteiger partial charge in [-0.1, -0.05) is 24.3 Å². The minimum Gasteiger partial charge on any atom is -0.338 e. The molecule has 0 aliphatic heterocycles. The zero-order valence-electron chi connectivity index (χ0n) is 16.0. The Morgan fingerprint density at radius 2 is 1.71 bits per heavy atom. The molecule has 0 saturated carbocycles. The summed E-state index contributed by atoms with van der Waals surface area (Å²) in [6.45, 7) is 4.18. The maximum absolute atomic E-state index is 13.7. The van der Waals surface area contributed by atoms with E-state index in [2.05, 4.69) is 5.10 Å². The minimum absolute atomic E-state index is 0.228. The van der Waals surface area contributed by atoms with Crippen molar-refractivity contribution < 1.29 is 13.6 Å². The summed E-state index contributed by atoms with van der Waals surface area (Å²) in [4.78, 5) is 13.9. The summed E-state index contributed by atoms with van der Waals surface area (Å²) in [5.41, 5.74) is 3.41. The maximum Gasteiger partial charge on any atom is 0.246 e. The SMILES string of the molecule is Cc1nn(-c2ccccc2)c(C)c1CN(C)C(=O)/C=C\c1c(F)cccc1F. The molecule has 2 aromatic carbocycles. The topological polar surface area (TPSA) is 38.1 Å². The molecule has 0 N–H and O–H groups in total. The third kappa shape index (κ3) is 4.01. The van der Waals surface area contributed by atoms with Crippen LogP contribution in [0.2, 0.25) is 0 Å². The molecule has 1 amide bonds. The highest BCUT2D eigenvalue weighted by atomic mass is 19.1. The Hall–Kier alpha value is -3.28. The second-order valence-electron chi connectivity index (χ2n) is 6.56. The Balaban J connectivity index is 1.78. The average molecular weight is 381 g/mol. The van der Waals surface area contributed by atoms with Gasteiger partial charge in [0.2, 0.25) is 5.91 Å². The lowest BCUT2D eigenvalue weighted by molar-refractivity contribution is -0.125. The van der Waals surface area contributed by atoms with Gasteiger partial charge in [-0.15, -0.1) is 0 Å². The number of aryl methyl sites for hydroxylation is 1. The van der Waals surface area contributed by atoms with Crippen molar-refractivity contribution in [2.45, 2.75) is 20.4 Å². The first-order chi connectivity index (χ1) is 13.4. The van der Waals surface area contributed by atoms with Gasteiger partial charge in [0, 0.05) is 36.5 Å². The highest BCUT2D eigenvalue weighted by molar-refractivity contribution is 5.91. The van der Waals surface area contributed by atoms with E-state index in [-0.39, 0.29) is 11.5 Å². The van der Waals surface area contributed by atoms with E-state index in [0.29, 0.717) is 6.54 Å². The van der Waals surface area contributed by atoms with Gasteiger partial charge in [-0.2, -0.15) is 5.10 Å². The number of likely N-dealkylation sites (N-methyl/N-ethyl adjacent to an activating group) is 1. The van der Waals surface area contributed by atoms with Crippen molar-refractivity contribution in [1.82, 2.24) is 14.7 Å². The van der Waals surface area contributed by atoms with Crippen molar-refractivity contribution >= 4 is 12.0 Å². The molecule has 0 atom stereocenters. The number of rotatable bonds is 5. The van der Waals surface area contributed by atoms with Gasteiger partial charge in [-0.3, -0.25) is 4.79 Å². The predicted octanol–water partition coefficient (Wildman–Crippen LogP) is 4.44. The average Bonchev–Trinajstić information content (AvgIpc) is 2.96. The summed E-state index contributed by atoms with van der Waals surface area (Å²) < 4.78 is 29.2. The van der Waals surface area contributed by atoms with Gasteiger partial charge in [0.1, 0.15) is 11.6 Å². The molecule has 0 aliphatic carbocycles. The van der Waals surface area contributed by atoms with Crippen LogP contribution in [0.25, 0.3) is 11.8 Å². The molecule has 0 spiro atoms. The van der Waals surface area contributed by atoms with E-state index in [1.807, 2.05) is 48.9 Å². The van der Waals surface area contributed by atoms with E-state index >= 15 is 0 Å². The quantitative estimate of drug-likeness (QED) is 0.613. The molecule has 0 saturated heterocycles. The second kappa shape index (κ2) is 8.17. The van der Waals surface area contributed by atoms with E-state index in [1.165, 1.54) is 17.0 Å². The molecule has 4 nitrogen and oxygen atoms in total. The van der Waals surface area contributed by atoms with Crippen molar-refractivity contribution in [1.29, 1.82) is 0 Å². The summed E-state index contributed by atoms with van der Waals surface area (Å²) in [5.74, 6) is -1.76. The molecular weight excluding hydrogens is 360 g/mol. The Bertz CT molecular complexity index is 1010. The molecule has 28 heavy (non-hydrogen) atoms. The Morgan fingerprint density at radius 3 is 2.36 bits per heavy atom. The number of carbonyl (C=O) groups is 1. The van der Waals surface area contributed by atoms with Gasteiger partial charge in [-0.05, 0) is 44.2 Å². The third-order valence-electron chi connectivity index (χ3n) is 4.61. The van der Waals surface area contributed by atoms with Gasteiger partial charge in [0.15, 0.2) is 0 Å². The number of halogens is 2. The van der Waals surface area contributed by atoms with Crippen LogP contribution in [-0.2, 0) is 11.3 Å². The first-order valence-corrected chi connectivity index (χ1v) is 8.86. The van der Waals surface area contributed by atoms with Crippen LogP contribution in [0.15, 0.2) is 54.6 Å². The molecule has 0 radical (unpaired) electrons. The van der Waals surface area contributed by atoms with Gasteiger partial charge >= 0.3 is 0 Å². The highest BCUT2D eigenvalue weighted by Crippen LogP contribution is 2.20. The van der Waals surface area contributed by atoms with Crippen LogP contribution in [0.4, 0.5) is 8.78 Å². The van der Waals surface area contributed by atoms with E-state index in [1.54, 1.807) is 7.05 Å². The number of hydrogen-bond acceptors (Lipinski definition) is 2. The minimum atomic E-state index is -0.706. The Kier molecular flexibility index (Phi) is 5.68. The number of aromatic nitrogens is 2. The molecule has 3 rings (SSSR count). The third-order valence-corrected chi connectivity index (χ3v) is 4.61. The summed E-state index contributed by atoms with van der Waals surface area (Å²) in [7, 11) is 1.64. The summed E-state index contributed by atoms with van der Waals surface area (Å²) in [6, 6.07) is 13.3. The first-order valence-electron chi connectivity index (χ1n) is 8.86. The zero-order valence-corrected chi connectivity index (χ0v) is 16.0. The van der Waals surface area contributed by atoms with Gasteiger partial charge in [0.05, 0.1) is 11.4 Å². The first kappa shape index (κ1) is 19.5. The summed E-state index contributed by atoms with van der Waals surface area (Å²) in [6.07, 6.45) is 2.34. The molecular formula is C22H21F2N3O. The number of benzene rings is 2. The van der Waals surface area contributed by atoms with Crippen molar-refractivity contribution in [2.75, 3.05) is 7.05 Å². The number of carbonyl (C=O) groups excluding carboxylic acids is 1. The monoisotopic (exact) mass is 381 g/mol. The highest BCUT2D eigenvalue weighted by Gasteiger charge is 2.16. The normalized spacial score (nSPS) is 11.2. The second-order valence-corrected chi connectivity index (χ2v) is 6.56. The van der Waals surface area contributed by atoms with Crippen LogP contribution in [0.1, 0.15) is 22.5 Å². The van der Waals surface area contributed by atoms with E-state index < -0.39 is 11.6 Å². The fourth-order valence-corrected chi connectivity index (χ4v) is 2.99. The molecule has 1 heterocycles. The van der Waals surface area contributed by atoms with E-state index in [0.717, 1.165) is 40.8 Å². The lowest BCUT2D eigenvalue weighted by Gasteiger charge is -2.15. The van der Waals surface area contributed by atoms with Crippen LogP contribution in [0, 0.1) is 25.5 Å². The van der Waals surface area contributed by atoms with Crippen LogP contribution in [0.3, 0.4) is 0 Å². The van der Waals surface area contributed by atoms with Crippen LogP contribution in [0.5, 0.6) is 0 Å². The van der Waals surface area contributed by atoms with E-state index in [4.69, 9.17) is 0 Å². The van der Waals surface area contributed by atoms with Gasteiger partial charge in [0.25, 0.3) is 0 Å². The van der Waals surface area contributed by atoms with Crippen LogP contribution in [-0.4, -0.2) is 27.6 Å². The fourth-order valence-electron chi connectivity index (χ4n) is 2.99. The van der Waals surface area contributed by atoms with Crippen molar-refractivity contribution in [2.24, 2.45) is 0 Å². The van der Waals surface area contributed by atoms with Gasteiger partial charge < -0.3 is 4.90 Å². The molecule has 1 aromatic heterocycles. The smallest absolute Gasteiger partial charge is 0.246 e. The number of hydrogen-bond donors (Lipinski definition) is 0. The van der Waals surface area contributed by atoms with Crippen molar-refractivity contribution in [3.8, 4) is 5.69 Å². The molecule has 144 valence electrons. The molecule has 0 aliphatic rings. The largest absolute Gasteiger partial charge is 0.338 e. The summed E-state index contributed by atoms with van der Waals surface area (Å²) in [5, 5.41) is 4.57. The molecule has 0 bridgehead atoms. The predicted molar refractivity (Wildman–Crippen MR) is 105 cm³/mol. The lowest BCUT2D eigenvalue weighted by atomic mass is 10.1. The standard InChI is InChI=1S/C22H21F2N3O/c1-15-19(16(2)27(25-15)17-8-5-4-6-9-17)14-26(3)22(28)13-12-18-20(23)10-7-11-21(18)24/h4-13H,14H2,1-3H3/b13-12-. The number of amides is 1. The number of para-hydroxylation sites is 1. The molecule has 6 heteroatoms. The van der Waals surface area contributed by atoms with Gasteiger partial charge in [-0.25, -0.2) is 13.5 Å². The zero-order chi connectivity index (χ0) is 20.3. The fraction of sp³-hybridized carbons (Fsp3) is 0.182. The van der Waals surface area contributed by atoms with Crippen molar-refractivity contribution in [3.05, 3.63) is 88.8 Å². The van der Waals surface area contributed by atoms with Crippen molar-refractivity contribution in [3.63, 3.8) is 0 Å². The van der Waals surface area contributed by atoms with Crippen LogP contribution < -0.4 is 0 Å². The maximum atomic E-state index is 13.7. The summed E-state index contributed by atoms with van der Waals surface area (Å²) >= 11 is 0. The lowest BCUT2D eigenvalue weighted by Crippen LogP contribution is -2.24. The Morgan fingerprint density at radius 1 is 1.07 bits per heavy atom. The Labute approximate surface area is 162 Å². The van der Waals surface area contributed by atoms with Crippen LogP contribution >= 0.6 is 0 Å².